The SMILES string of the molecule is N[C@@H](CC(=O)O)[C@H](C(=O)OCC1c2ccccc2-c2ccccc21)c1ccc2ccccc2c1. The van der Waals surface area contributed by atoms with E-state index >= 15 is 0 Å². The highest BCUT2D eigenvalue weighted by Crippen LogP contribution is 2.44. The van der Waals surface area contributed by atoms with Crippen molar-refractivity contribution in [2.45, 2.75) is 24.3 Å². The topological polar surface area (TPSA) is 89.6 Å². The van der Waals surface area contributed by atoms with Gasteiger partial charge < -0.3 is 15.6 Å². The molecule has 0 bridgehead atoms. The van der Waals surface area contributed by atoms with Gasteiger partial charge in [0, 0.05) is 12.0 Å². The fourth-order valence-electron chi connectivity index (χ4n) is 4.97. The van der Waals surface area contributed by atoms with Crippen LogP contribution in [0.25, 0.3) is 21.9 Å². The van der Waals surface area contributed by atoms with E-state index in [1.54, 1.807) is 0 Å². The number of hydrogen-bond acceptors (Lipinski definition) is 4. The molecular formula is C29H25NO4. The lowest BCUT2D eigenvalue weighted by Crippen LogP contribution is -2.37. The molecule has 0 radical (unpaired) electrons. The number of benzene rings is 4. The Balaban J connectivity index is 1.43. The number of carboxylic acids is 1. The highest BCUT2D eigenvalue weighted by molar-refractivity contribution is 5.87. The molecule has 0 aromatic heterocycles. The molecule has 4 aromatic rings. The van der Waals surface area contributed by atoms with E-state index in [-0.39, 0.29) is 18.9 Å². The number of ether oxygens (including phenoxy) is 1. The van der Waals surface area contributed by atoms with Crippen LogP contribution >= 0.6 is 0 Å². The second-order valence-electron chi connectivity index (χ2n) is 8.70. The Morgan fingerprint density at radius 3 is 2.06 bits per heavy atom. The van der Waals surface area contributed by atoms with Gasteiger partial charge in [-0.3, -0.25) is 9.59 Å². The first-order valence-electron chi connectivity index (χ1n) is 11.3. The van der Waals surface area contributed by atoms with E-state index in [1.165, 1.54) is 0 Å². The minimum absolute atomic E-state index is 0.0794. The molecule has 0 heterocycles. The van der Waals surface area contributed by atoms with Gasteiger partial charge in [0.05, 0.1) is 12.3 Å². The van der Waals surface area contributed by atoms with Crippen LogP contribution in [-0.2, 0) is 14.3 Å². The first-order valence-corrected chi connectivity index (χ1v) is 11.3. The average Bonchev–Trinajstić information content (AvgIpc) is 3.16. The molecule has 0 amide bonds. The smallest absolute Gasteiger partial charge is 0.315 e. The second kappa shape index (κ2) is 9.12. The highest BCUT2D eigenvalue weighted by atomic mass is 16.5. The van der Waals surface area contributed by atoms with E-state index in [4.69, 9.17) is 10.5 Å². The summed E-state index contributed by atoms with van der Waals surface area (Å²) in [5.41, 5.74) is 11.4. The number of hydrogen-bond donors (Lipinski definition) is 2. The molecule has 0 aliphatic heterocycles. The van der Waals surface area contributed by atoms with Gasteiger partial charge >= 0.3 is 11.9 Å². The summed E-state index contributed by atoms with van der Waals surface area (Å²) in [6.07, 6.45) is -0.332. The first-order chi connectivity index (χ1) is 16.5. The van der Waals surface area contributed by atoms with Crippen molar-refractivity contribution in [3.05, 3.63) is 108 Å². The van der Waals surface area contributed by atoms with Gasteiger partial charge in [-0.05, 0) is 38.6 Å². The van der Waals surface area contributed by atoms with Crippen LogP contribution in [0.4, 0.5) is 0 Å². The van der Waals surface area contributed by atoms with E-state index in [9.17, 15) is 14.7 Å². The number of esters is 1. The zero-order chi connectivity index (χ0) is 23.7. The summed E-state index contributed by atoms with van der Waals surface area (Å²) < 4.78 is 5.86. The molecular weight excluding hydrogens is 426 g/mol. The van der Waals surface area contributed by atoms with Crippen molar-refractivity contribution in [2.24, 2.45) is 5.73 Å². The third-order valence-corrected chi connectivity index (χ3v) is 6.58. The summed E-state index contributed by atoms with van der Waals surface area (Å²) >= 11 is 0. The average molecular weight is 452 g/mol. The van der Waals surface area contributed by atoms with E-state index < -0.39 is 23.9 Å². The van der Waals surface area contributed by atoms with Gasteiger partial charge in [0.1, 0.15) is 6.61 Å². The monoisotopic (exact) mass is 451 g/mol. The van der Waals surface area contributed by atoms with Crippen LogP contribution in [0.5, 0.6) is 0 Å². The second-order valence-corrected chi connectivity index (χ2v) is 8.70. The van der Waals surface area contributed by atoms with Crippen LogP contribution in [0.15, 0.2) is 91.0 Å². The summed E-state index contributed by atoms with van der Waals surface area (Å²) in [6.45, 7) is 0.163. The summed E-state index contributed by atoms with van der Waals surface area (Å²) in [6, 6.07) is 28.8. The van der Waals surface area contributed by atoms with E-state index in [1.807, 2.05) is 66.7 Å². The highest BCUT2D eigenvalue weighted by Gasteiger charge is 2.33. The standard InChI is InChI=1S/C29H25NO4/c30-26(16-27(31)32)28(20-14-13-18-7-1-2-8-19(18)15-20)29(33)34-17-25-23-11-5-3-9-21(23)22-10-4-6-12-24(22)25/h1-15,25-26,28H,16-17,30H2,(H,31,32)/t26-,28+/m0/s1. The Morgan fingerprint density at radius 1 is 0.824 bits per heavy atom. The minimum Gasteiger partial charge on any atom is -0.481 e. The van der Waals surface area contributed by atoms with Crippen LogP contribution in [-0.4, -0.2) is 29.7 Å². The molecule has 5 nitrogen and oxygen atoms in total. The van der Waals surface area contributed by atoms with Crippen molar-refractivity contribution in [3.63, 3.8) is 0 Å². The van der Waals surface area contributed by atoms with Crippen molar-refractivity contribution in [2.75, 3.05) is 6.61 Å². The van der Waals surface area contributed by atoms with Gasteiger partial charge in [-0.15, -0.1) is 0 Å². The lowest BCUT2D eigenvalue weighted by atomic mass is 9.88. The number of aliphatic carboxylic acids is 1. The maximum Gasteiger partial charge on any atom is 0.315 e. The summed E-state index contributed by atoms with van der Waals surface area (Å²) in [5.74, 6) is -2.52. The Bertz CT molecular complexity index is 1330. The van der Waals surface area contributed by atoms with Gasteiger partial charge in [0.2, 0.25) is 0 Å². The van der Waals surface area contributed by atoms with Crippen molar-refractivity contribution in [1.29, 1.82) is 0 Å². The van der Waals surface area contributed by atoms with Crippen molar-refractivity contribution in [1.82, 2.24) is 0 Å². The summed E-state index contributed by atoms with van der Waals surface area (Å²) in [5, 5.41) is 11.3. The Kier molecular flexibility index (Phi) is 5.86. The number of carboxylic acid groups (broad SMARTS) is 1. The van der Waals surface area contributed by atoms with Crippen LogP contribution in [0, 0.1) is 0 Å². The third kappa shape index (κ3) is 4.06. The maximum absolute atomic E-state index is 13.4. The molecule has 0 saturated heterocycles. The summed E-state index contributed by atoms with van der Waals surface area (Å²) in [7, 11) is 0. The quantitative estimate of drug-likeness (QED) is 0.383. The fraction of sp³-hybridized carbons (Fsp3) is 0.172. The number of carbonyl (C=O) groups excluding carboxylic acids is 1. The van der Waals surface area contributed by atoms with Crippen LogP contribution in [0.2, 0.25) is 0 Å². The minimum atomic E-state index is -1.05. The number of nitrogens with two attached hydrogens (primary N) is 1. The zero-order valence-corrected chi connectivity index (χ0v) is 18.6. The molecule has 34 heavy (non-hydrogen) atoms. The molecule has 0 fully saturated rings. The molecule has 4 aromatic carbocycles. The molecule has 170 valence electrons. The normalized spacial score (nSPS) is 14.3. The maximum atomic E-state index is 13.4. The third-order valence-electron chi connectivity index (χ3n) is 6.58. The fourth-order valence-corrected chi connectivity index (χ4v) is 4.97. The van der Waals surface area contributed by atoms with Gasteiger partial charge in [-0.1, -0.05) is 91.0 Å². The molecule has 0 spiro atoms. The van der Waals surface area contributed by atoms with Crippen molar-refractivity contribution >= 4 is 22.7 Å². The Morgan fingerprint density at radius 2 is 1.41 bits per heavy atom. The van der Waals surface area contributed by atoms with E-state index in [0.29, 0.717) is 5.56 Å². The molecule has 5 rings (SSSR count). The van der Waals surface area contributed by atoms with Crippen LogP contribution < -0.4 is 5.73 Å². The Labute approximate surface area is 197 Å². The molecule has 1 aliphatic carbocycles. The van der Waals surface area contributed by atoms with Crippen LogP contribution in [0.1, 0.15) is 34.9 Å². The Hall–Kier alpha value is -3.96. The van der Waals surface area contributed by atoms with Gasteiger partial charge in [-0.25, -0.2) is 0 Å². The predicted octanol–water partition coefficient (Wildman–Crippen LogP) is 5.08. The van der Waals surface area contributed by atoms with Gasteiger partial charge in [-0.2, -0.15) is 0 Å². The largest absolute Gasteiger partial charge is 0.481 e. The molecule has 2 atom stereocenters. The lowest BCUT2D eigenvalue weighted by molar-refractivity contribution is -0.146. The predicted molar refractivity (Wildman–Crippen MR) is 132 cm³/mol. The van der Waals surface area contributed by atoms with Gasteiger partial charge in [0.25, 0.3) is 0 Å². The molecule has 3 N–H and O–H groups in total. The number of carbonyl (C=O) groups is 2. The van der Waals surface area contributed by atoms with Crippen molar-refractivity contribution < 1.29 is 19.4 Å². The van der Waals surface area contributed by atoms with Crippen LogP contribution in [0.3, 0.4) is 0 Å². The lowest BCUT2D eigenvalue weighted by Gasteiger charge is -2.23. The molecule has 1 aliphatic rings. The van der Waals surface area contributed by atoms with Crippen molar-refractivity contribution in [3.8, 4) is 11.1 Å². The first kappa shape index (κ1) is 21.9. The molecule has 0 saturated carbocycles. The van der Waals surface area contributed by atoms with Gasteiger partial charge in [0.15, 0.2) is 0 Å². The van der Waals surface area contributed by atoms with E-state index in [0.717, 1.165) is 33.0 Å². The molecule has 5 heteroatoms. The zero-order valence-electron chi connectivity index (χ0n) is 18.6. The number of rotatable bonds is 7. The molecule has 0 unspecified atom stereocenters. The summed E-state index contributed by atoms with van der Waals surface area (Å²) in [4.78, 5) is 24.8. The van der Waals surface area contributed by atoms with E-state index in [2.05, 4.69) is 24.3 Å². The number of fused-ring (bicyclic) bond motifs is 4.